The summed E-state index contributed by atoms with van der Waals surface area (Å²) in [5, 5.41) is 9.92. The van der Waals surface area contributed by atoms with Crippen LogP contribution in [0.3, 0.4) is 0 Å². The van der Waals surface area contributed by atoms with E-state index >= 15 is 0 Å². The molecule has 2 heterocycles. The van der Waals surface area contributed by atoms with Gasteiger partial charge in [0.15, 0.2) is 0 Å². The number of hydrogen-bond acceptors (Lipinski definition) is 4. The van der Waals surface area contributed by atoms with Gasteiger partial charge < -0.3 is 19.6 Å². The first kappa shape index (κ1) is 19.0. The van der Waals surface area contributed by atoms with Gasteiger partial charge in [0.25, 0.3) is 0 Å². The van der Waals surface area contributed by atoms with Gasteiger partial charge >= 0.3 is 6.09 Å². The normalized spacial score (nSPS) is 19.0. The Bertz CT molecular complexity index is 721. The molecule has 6 nitrogen and oxygen atoms in total. The Morgan fingerprint density at radius 3 is 2.54 bits per heavy atom. The Hall–Kier alpha value is -1.79. The predicted octanol–water partition coefficient (Wildman–Crippen LogP) is 2.95. The summed E-state index contributed by atoms with van der Waals surface area (Å²) in [7, 11) is 0. The topological polar surface area (TPSA) is 70.1 Å². The number of benzene rings is 1. The minimum atomic E-state index is -0.687. The minimum absolute atomic E-state index is 0.0207. The van der Waals surface area contributed by atoms with E-state index in [9.17, 15) is 14.7 Å². The number of anilines is 1. The van der Waals surface area contributed by atoms with Gasteiger partial charge in [-0.3, -0.25) is 4.79 Å². The van der Waals surface area contributed by atoms with Crippen molar-refractivity contribution in [2.24, 2.45) is 0 Å². The van der Waals surface area contributed by atoms with Crippen LogP contribution in [0.5, 0.6) is 0 Å². The number of likely N-dealkylation sites (tertiary alicyclic amines) is 1. The lowest BCUT2D eigenvalue weighted by Crippen LogP contribution is -2.51. The zero-order valence-corrected chi connectivity index (χ0v) is 16.2. The Morgan fingerprint density at radius 2 is 1.96 bits per heavy atom. The maximum absolute atomic E-state index is 13.2. The van der Waals surface area contributed by atoms with E-state index in [0.29, 0.717) is 31.0 Å². The first-order valence-electron chi connectivity index (χ1n) is 8.89. The zero-order chi connectivity index (χ0) is 19.1. The molecule has 1 N–H and O–H groups in total. The average Bonchev–Trinajstić information content (AvgIpc) is 2.77. The monoisotopic (exact) mass is 380 g/mol. The quantitative estimate of drug-likeness (QED) is 0.856. The number of fused-ring (bicyclic) bond motifs is 2. The molecule has 2 amide bonds. The average molecular weight is 381 g/mol. The van der Waals surface area contributed by atoms with E-state index in [0.717, 1.165) is 11.3 Å². The summed E-state index contributed by atoms with van der Waals surface area (Å²) < 4.78 is 5.44. The number of carbonyl (C=O) groups is 2. The van der Waals surface area contributed by atoms with Gasteiger partial charge in [-0.25, -0.2) is 4.79 Å². The Balaban J connectivity index is 1.84. The molecule has 26 heavy (non-hydrogen) atoms. The first-order chi connectivity index (χ1) is 12.2. The van der Waals surface area contributed by atoms with Crippen molar-refractivity contribution in [3.05, 3.63) is 28.8 Å². The highest BCUT2D eigenvalue weighted by Crippen LogP contribution is 2.48. The van der Waals surface area contributed by atoms with Crippen molar-refractivity contribution in [1.82, 2.24) is 4.90 Å². The number of hydrogen-bond donors (Lipinski definition) is 1. The number of piperidine rings is 1. The van der Waals surface area contributed by atoms with Gasteiger partial charge in [0, 0.05) is 30.3 Å². The van der Waals surface area contributed by atoms with E-state index in [2.05, 4.69) is 0 Å². The van der Waals surface area contributed by atoms with Gasteiger partial charge in [-0.15, -0.1) is 0 Å². The summed E-state index contributed by atoms with van der Waals surface area (Å²) >= 11 is 6.19. The zero-order valence-electron chi connectivity index (χ0n) is 15.4. The minimum Gasteiger partial charge on any atom is -0.444 e. The van der Waals surface area contributed by atoms with Crippen LogP contribution in [-0.4, -0.2) is 53.8 Å². The molecule has 1 saturated heterocycles. The van der Waals surface area contributed by atoms with Gasteiger partial charge in [-0.05, 0) is 57.4 Å². The molecule has 1 spiro atoms. The second-order valence-corrected chi connectivity index (χ2v) is 8.33. The lowest BCUT2D eigenvalue weighted by Gasteiger charge is -2.38. The largest absolute Gasteiger partial charge is 0.444 e. The van der Waals surface area contributed by atoms with Crippen LogP contribution in [0.15, 0.2) is 18.2 Å². The number of β-amino-alcohol motifs (C(OH)–C–C–N with tert-alkyl or cyclic N) is 1. The summed E-state index contributed by atoms with van der Waals surface area (Å²) in [6.07, 6.45) is 0.678. The first-order valence-corrected chi connectivity index (χ1v) is 9.26. The van der Waals surface area contributed by atoms with E-state index in [4.69, 9.17) is 16.3 Å². The fourth-order valence-electron chi connectivity index (χ4n) is 3.81. The summed E-state index contributed by atoms with van der Waals surface area (Å²) in [4.78, 5) is 28.8. The highest BCUT2D eigenvalue weighted by molar-refractivity contribution is 6.31. The molecule has 0 aliphatic carbocycles. The van der Waals surface area contributed by atoms with Crippen molar-refractivity contribution < 1.29 is 19.4 Å². The molecule has 1 fully saturated rings. The number of nitrogens with zero attached hydrogens (tertiary/aromatic N) is 2. The van der Waals surface area contributed by atoms with Crippen LogP contribution < -0.4 is 4.90 Å². The molecule has 3 rings (SSSR count). The molecule has 2 aliphatic heterocycles. The van der Waals surface area contributed by atoms with Crippen molar-refractivity contribution in [2.45, 2.75) is 44.6 Å². The molecule has 2 aliphatic rings. The maximum Gasteiger partial charge on any atom is 0.410 e. The number of halogens is 1. The number of carbonyl (C=O) groups excluding carboxylic acids is 2. The van der Waals surface area contributed by atoms with E-state index < -0.39 is 11.0 Å². The number of aliphatic hydroxyl groups is 1. The van der Waals surface area contributed by atoms with Gasteiger partial charge in [0.2, 0.25) is 5.91 Å². The summed E-state index contributed by atoms with van der Waals surface area (Å²) in [5.74, 6) is -0.0207. The molecule has 0 radical (unpaired) electrons. The van der Waals surface area contributed by atoms with Gasteiger partial charge in [-0.1, -0.05) is 11.6 Å². The van der Waals surface area contributed by atoms with Crippen molar-refractivity contribution >= 4 is 29.3 Å². The molecule has 0 atom stereocenters. The number of ether oxygens (including phenoxy) is 1. The molecular formula is C19H25ClN2O4. The lowest BCUT2D eigenvalue weighted by molar-refractivity contribution is -0.125. The van der Waals surface area contributed by atoms with Crippen LogP contribution in [0.2, 0.25) is 5.02 Å². The molecule has 7 heteroatoms. The molecule has 1 aromatic carbocycles. The van der Waals surface area contributed by atoms with Crippen LogP contribution in [0.4, 0.5) is 10.5 Å². The third-order valence-corrected chi connectivity index (χ3v) is 5.25. The molecule has 0 aromatic heterocycles. The fourth-order valence-corrected chi connectivity index (χ4v) is 3.98. The highest BCUT2D eigenvalue weighted by Gasteiger charge is 2.52. The van der Waals surface area contributed by atoms with Crippen LogP contribution in [-0.2, 0) is 14.9 Å². The smallest absolute Gasteiger partial charge is 0.410 e. The SMILES string of the molecule is CC(C)(C)OC(=O)N1CCC2(CC1)C(=O)N(CCO)c1ccc(Cl)cc12. The molecule has 0 bridgehead atoms. The van der Waals surface area contributed by atoms with Gasteiger partial charge in [0.05, 0.1) is 12.0 Å². The Labute approximate surface area is 158 Å². The lowest BCUT2D eigenvalue weighted by atomic mass is 9.73. The predicted molar refractivity (Wildman–Crippen MR) is 99.6 cm³/mol. The number of amides is 2. The van der Waals surface area contributed by atoms with Crippen molar-refractivity contribution in [3.63, 3.8) is 0 Å². The van der Waals surface area contributed by atoms with E-state index in [-0.39, 0.29) is 25.2 Å². The standard InChI is InChI=1S/C19H25ClN2O4/c1-18(2,3)26-17(25)21-8-6-19(7-9-21)14-12-13(20)4-5-15(14)22(10-11-23)16(19)24/h4-5,12,23H,6-11H2,1-3H3. The molecule has 1 aromatic rings. The van der Waals surface area contributed by atoms with Crippen molar-refractivity contribution in [2.75, 3.05) is 31.1 Å². The molecule has 142 valence electrons. The van der Waals surface area contributed by atoms with Crippen LogP contribution >= 0.6 is 11.6 Å². The second kappa shape index (κ2) is 6.74. The number of aliphatic hydroxyl groups excluding tert-OH is 1. The van der Waals surface area contributed by atoms with Crippen LogP contribution in [0, 0.1) is 0 Å². The third kappa shape index (κ3) is 3.28. The van der Waals surface area contributed by atoms with Crippen LogP contribution in [0.1, 0.15) is 39.2 Å². The Kier molecular flexibility index (Phi) is 4.92. The van der Waals surface area contributed by atoms with Gasteiger partial charge in [0.1, 0.15) is 5.60 Å². The van der Waals surface area contributed by atoms with E-state index in [1.165, 1.54) is 0 Å². The van der Waals surface area contributed by atoms with Gasteiger partial charge in [-0.2, -0.15) is 0 Å². The highest BCUT2D eigenvalue weighted by atomic mass is 35.5. The molecular weight excluding hydrogens is 356 g/mol. The molecule has 0 unspecified atom stereocenters. The van der Waals surface area contributed by atoms with E-state index in [1.807, 2.05) is 32.9 Å². The summed E-state index contributed by atoms with van der Waals surface area (Å²) in [6, 6.07) is 5.43. The van der Waals surface area contributed by atoms with E-state index in [1.54, 1.807) is 15.9 Å². The third-order valence-electron chi connectivity index (χ3n) is 5.01. The Morgan fingerprint density at radius 1 is 1.31 bits per heavy atom. The maximum atomic E-state index is 13.2. The second-order valence-electron chi connectivity index (χ2n) is 7.89. The van der Waals surface area contributed by atoms with Crippen LogP contribution in [0.25, 0.3) is 0 Å². The van der Waals surface area contributed by atoms with Crippen molar-refractivity contribution in [3.8, 4) is 0 Å². The summed E-state index contributed by atoms with van der Waals surface area (Å²) in [6.45, 7) is 6.55. The number of rotatable bonds is 2. The van der Waals surface area contributed by atoms with Crippen molar-refractivity contribution in [1.29, 1.82) is 0 Å². The summed E-state index contributed by atoms with van der Waals surface area (Å²) in [5.41, 5.74) is 0.466. The fraction of sp³-hybridized carbons (Fsp3) is 0.579. The molecule has 0 saturated carbocycles.